The van der Waals surface area contributed by atoms with E-state index in [-0.39, 0.29) is 32.1 Å². The molecular weight excluding hydrogens is 360 g/mol. The summed E-state index contributed by atoms with van der Waals surface area (Å²) >= 11 is 1.44. The number of hydrogen-bond acceptors (Lipinski definition) is 7. The summed E-state index contributed by atoms with van der Waals surface area (Å²) in [6, 6.07) is 5.52. The Bertz CT molecular complexity index is 761. The number of carboxylic acids is 1. The molecule has 2 aromatic rings. The lowest BCUT2D eigenvalue weighted by Gasteiger charge is -2.08. The van der Waals surface area contributed by atoms with E-state index in [9.17, 15) is 9.59 Å². The van der Waals surface area contributed by atoms with Gasteiger partial charge in [-0.3, -0.25) is 4.79 Å². The van der Waals surface area contributed by atoms with Crippen molar-refractivity contribution in [3.8, 4) is 22.1 Å². The first-order valence-electron chi connectivity index (χ1n) is 7.76. The standard InChI is InChI=1S/C17H20N2O6S/c1-23-13-4-3-11(7-14(13)24-2)17-19-12(10-26-17)8-15(20)18-5-6-25-9-16(21)22/h3-4,7,10H,5-6,8-9H2,1-2H3,(H,18,20)(H,21,22). The zero-order valence-corrected chi connectivity index (χ0v) is 15.3. The smallest absolute Gasteiger partial charge is 0.329 e. The Morgan fingerprint density at radius 1 is 1.23 bits per heavy atom. The highest BCUT2D eigenvalue weighted by molar-refractivity contribution is 7.13. The number of carbonyl (C=O) groups excluding carboxylic acids is 1. The van der Waals surface area contributed by atoms with E-state index >= 15 is 0 Å². The fraction of sp³-hybridized carbons (Fsp3) is 0.353. The molecule has 1 heterocycles. The largest absolute Gasteiger partial charge is 0.493 e. The van der Waals surface area contributed by atoms with E-state index in [4.69, 9.17) is 19.3 Å². The van der Waals surface area contributed by atoms with Crippen molar-refractivity contribution < 1.29 is 28.9 Å². The molecule has 0 aliphatic carbocycles. The van der Waals surface area contributed by atoms with Gasteiger partial charge in [-0.2, -0.15) is 0 Å². The molecule has 2 N–H and O–H groups in total. The molecular formula is C17H20N2O6S. The number of ether oxygens (including phenoxy) is 3. The van der Waals surface area contributed by atoms with Crippen LogP contribution in [0, 0.1) is 0 Å². The molecule has 0 bridgehead atoms. The molecule has 0 unspecified atom stereocenters. The van der Waals surface area contributed by atoms with Gasteiger partial charge in [-0.1, -0.05) is 0 Å². The third kappa shape index (κ3) is 5.71. The number of aliphatic carboxylic acids is 1. The van der Waals surface area contributed by atoms with E-state index in [1.807, 2.05) is 17.5 Å². The number of nitrogens with one attached hydrogen (secondary N) is 1. The monoisotopic (exact) mass is 380 g/mol. The van der Waals surface area contributed by atoms with Crippen molar-refractivity contribution in [2.45, 2.75) is 6.42 Å². The van der Waals surface area contributed by atoms with Gasteiger partial charge < -0.3 is 24.6 Å². The second-order valence-corrected chi connectivity index (χ2v) is 6.04. The number of carbonyl (C=O) groups is 2. The average molecular weight is 380 g/mol. The Morgan fingerprint density at radius 2 is 2.00 bits per heavy atom. The van der Waals surface area contributed by atoms with Gasteiger partial charge in [0.2, 0.25) is 5.91 Å². The Labute approximate surface area is 154 Å². The molecule has 0 aliphatic heterocycles. The predicted molar refractivity (Wildman–Crippen MR) is 95.8 cm³/mol. The summed E-state index contributed by atoms with van der Waals surface area (Å²) in [4.78, 5) is 26.7. The average Bonchev–Trinajstić information content (AvgIpc) is 3.08. The molecule has 26 heavy (non-hydrogen) atoms. The van der Waals surface area contributed by atoms with E-state index in [1.165, 1.54) is 11.3 Å². The number of aromatic nitrogens is 1. The molecule has 9 heteroatoms. The molecule has 1 aromatic heterocycles. The van der Waals surface area contributed by atoms with Gasteiger partial charge in [-0.15, -0.1) is 11.3 Å². The van der Waals surface area contributed by atoms with E-state index < -0.39 is 5.97 Å². The first kappa shape index (κ1) is 19.7. The lowest BCUT2D eigenvalue weighted by molar-refractivity contribution is -0.142. The number of thiazole rings is 1. The first-order chi connectivity index (χ1) is 12.5. The predicted octanol–water partition coefficient (Wildman–Crippen LogP) is 1.59. The van der Waals surface area contributed by atoms with Crippen LogP contribution in [0.25, 0.3) is 10.6 Å². The zero-order valence-electron chi connectivity index (χ0n) is 14.5. The van der Waals surface area contributed by atoms with Crippen LogP contribution in [-0.2, 0) is 20.7 Å². The number of hydrogen-bond donors (Lipinski definition) is 2. The Kier molecular flexibility index (Phi) is 7.37. The number of methoxy groups -OCH3 is 2. The van der Waals surface area contributed by atoms with Gasteiger partial charge in [0.05, 0.1) is 32.9 Å². The Balaban J connectivity index is 1.89. The molecule has 8 nitrogen and oxygen atoms in total. The van der Waals surface area contributed by atoms with Gasteiger partial charge >= 0.3 is 5.97 Å². The Morgan fingerprint density at radius 3 is 2.69 bits per heavy atom. The maximum absolute atomic E-state index is 11.9. The fourth-order valence-electron chi connectivity index (χ4n) is 2.14. The molecule has 1 amide bonds. The van der Waals surface area contributed by atoms with Crippen molar-refractivity contribution in [1.29, 1.82) is 0 Å². The van der Waals surface area contributed by atoms with Crippen molar-refractivity contribution >= 4 is 23.2 Å². The second kappa shape index (κ2) is 9.73. The lowest BCUT2D eigenvalue weighted by Crippen LogP contribution is -2.29. The first-order valence-corrected chi connectivity index (χ1v) is 8.64. The van der Waals surface area contributed by atoms with Crippen LogP contribution in [0.15, 0.2) is 23.6 Å². The molecule has 0 saturated heterocycles. The summed E-state index contributed by atoms with van der Waals surface area (Å²) in [5, 5.41) is 13.7. The third-order valence-electron chi connectivity index (χ3n) is 3.32. The summed E-state index contributed by atoms with van der Waals surface area (Å²) in [6.07, 6.45) is 0.142. The summed E-state index contributed by atoms with van der Waals surface area (Å²) in [5.41, 5.74) is 1.53. The summed E-state index contributed by atoms with van der Waals surface area (Å²) in [6.45, 7) is 0.0153. The number of nitrogens with zero attached hydrogens (tertiary/aromatic N) is 1. The van der Waals surface area contributed by atoms with Crippen molar-refractivity contribution in [2.75, 3.05) is 34.0 Å². The van der Waals surface area contributed by atoms with E-state index in [1.54, 1.807) is 20.3 Å². The van der Waals surface area contributed by atoms with Gasteiger partial charge in [0, 0.05) is 17.5 Å². The highest BCUT2D eigenvalue weighted by Gasteiger charge is 2.11. The SMILES string of the molecule is COc1ccc(-c2nc(CC(=O)NCCOCC(=O)O)cs2)cc1OC. The van der Waals surface area contributed by atoms with Crippen molar-refractivity contribution in [2.24, 2.45) is 0 Å². The van der Waals surface area contributed by atoms with Crippen LogP contribution < -0.4 is 14.8 Å². The number of benzene rings is 1. The molecule has 0 atom stereocenters. The summed E-state index contributed by atoms with van der Waals surface area (Å²) in [7, 11) is 3.14. The highest BCUT2D eigenvalue weighted by atomic mass is 32.1. The van der Waals surface area contributed by atoms with Gasteiger partial charge in [0.25, 0.3) is 0 Å². The lowest BCUT2D eigenvalue weighted by atomic mass is 10.2. The molecule has 0 fully saturated rings. The van der Waals surface area contributed by atoms with Crippen LogP contribution >= 0.6 is 11.3 Å². The van der Waals surface area contributed by atoms with E-state index in [2.05, 4.69) is 10.3 Å². The molecule has 1 aromatic carbocycles. The zero-order chi connectivity index (χ0) is 18.9. The normalized spacial score (nSPS) is 10.4. The van der Waals surface area contributed by atoms with Crippen LogP contribution in [0.1, 0.15) is 5.69 Å². The van der Waals surface area contributed by atoms with Crippen molar-refractivity contribution in [3.63, 3.8) is 0 Å². The van der Waals surface area contributed by atoms with Gasteiger partial charge in [-0.05, 0) is 18.2 Å². The maximum atomic E-state index is 11.9. The van der Waals surface area contributed by atoms with Crippen LogP contribution in [-0.4, -0.2) is 55.9 Å². The summed E-state index contributed by atoms with van der Waals surface area (Å²) in [5.74, 6) is 0.00737. The minimum absolute atomic E-state index is 0.142. The number of carboxylic acid groups (broad SMARTS) is 1. The van der Waals surface area contributed by atoms with Crippen molar-refractivity contribution in [3.05, 3.63) is 29.3 Å². The maximum Gasteiger partial charge on any atom is 0.329 e. The second-order valence-electron chi connectivity index (χ2n) is 5.19. The van der Waals surface area contributed by atoms with Crippen LogP contribution in [0.3, 0.4) is 0 Å². The number of rotatable bonds is 10. The van der Waals surface area contributed by atoms with Gasteiger partial charge in [0.15, 0.2) is 11.5 Å². The molecule has 0 saturated carbocycles. The highest BCUT2D eigenvalue weighted by Crippen LogP contribution is 2.33. The van der Waals surface area contributed by atoms with Crippen LogP contribution in [0.5, 0.6) is 11.5 Å². The van der Waals surface area contributed by atoms with E-state index in [0.29, 0.717) is 17.2 Å². The van der Waals surface area contributed by atoms with Crippen LogP contribution in [0.2, 0.25) is 0 Å². The molecule has 0 aliphatic rings. The minimum Gasteiger partial charge on any atom is -0.493 e. The van der Waals surface area contributed by atoms with E-state index in [0.717, 1.165) is 10.6 Å². The Hall–Kier alpha value is -2.65. The van der Waals surface area contributed by atoms with Crippen molar-refractivity contribution in [1.82, 2.24) is 10.3 Å². The molecule has 0 radical (unpaired) electrons. The topological polar surface area (TPSA) is 107 Å². The minimum atomic E-state index is -1.04. The third-order valence-corrected chi connectivity index (χ3v) is 4.26. The molecule has 140 valence electrons. The summed E-state index contributed by atoms with van der Waals surface area (Å²) < 4.78 is 15.4. The molecule has 0 spiro atoms. The quantitative estimate of drug-likeness (QED) is 0.603. The van der Waals surface area contributed by atoms with Gasteiger partial charge in [0.1, 0.15) is 11.6 Å². The van der Waals surface area contributed by atoms with Gasteiger partial charge in [-0.25, -0.2) is 9.78 Å². The molecule has 2 rings (SSSR count). The fourth-order valence-corrected chi connectivity index (χ4v) is 2.96. The van der Waals surface area contributed by atoms with Crippen LogP contribution in [0.4, 0.5) is 0 Å². The number of amides is 1.